The number of hydrogen-bond donors (Lipinski definition) is 0. The molecule has 0 aromatic heterocycles. The van der Waals surface area contributed by atoms with Crippen LogP contribution < -0.4 is 0 Å². The average molecular weight is 349 g/mol. The Balaban J connectivity index is 2.64. The Hall–Kier alpha value is -1.28. The molecule has 132 valence electrons. The van der Waals surface area contributed by atoms with Crippen molar-refractivity contribution in [3.05, 3.63) is 39.1 Å². The summed E-state index contributed by atoms with van der Waals surface area (Å²) in [7, 11) is 0. The first-order valence-corrected chi connectivity index (χ1v) is 8.96. The molecule has 1 aromatic carbocycles. The minimum atomic E-state index is -0.522. The van der Waals surface area contributed by atoms with Crippen molar-refractivity contribution >= 4 is 23.1 Å². The van der Waals surface area contributed by atoms with Crippen LogP contribution in [0.25, 0.3) is 5.57 Å². The molecule has 2 rings (SSSR count). The van der Waals surface area contributed by atoms with Crippen LogP contribution in [-0.2, 0) is 9.53 Å². The van der Waals surface area contributed by atoms with Crippen molar-refractivity contribution in [1.29, 1.82) is 0 Å². The zero-order valence-corrected chi connectivity index (χ0v) is 16.9. The van der Waals surface area contributed by atoms with Crippen LogP contribution in [0.4, 0.5) is 0 Å². The van der Waals surface area contributed by atoms with Gasteiger partial charge < -0.3 is 4.74 Å². The zero-order chi connectivity index (χ0) is 18.4. The Bertz CT molecular complexity index is 718. The number of hydrogen-bond acceptors (Lipinski definition) is 2. The summed E-state index contributed by atoms with van der Waals surface area (Å²) >= 11 is 6.50. The normalized spacial score (nSPS) is 17.4. The summed E-state index contributed by atoms with van der Waals surface area (Å²) in [5.41, 5.74) is 4.96. The maximum atomic E-state index is 12.5. The van der Waals surface area contributed by atoms with Crippen molar-refractivity contribution in [2.24, 2.45) is 10.8 Å². The molecule has 1 aromatic rings. The molecule has 0 saturated heterocycles. The molecule has 24 heavy (non-hydrogen) atoms. The van der Waals surface area contributed by atoms with Crippen molar-refractivity contribution in [1.82, 2.24) is 0 Å². The van der Waals surface area contributed by atoms with Gasteiger partial charge in [0, 0.05) is 10.4 Å². The van der Waals surface area contributed by atoms with Gasteiger partial charge in [0.05, 0.1) is 5.41 Å². The summed E-state index contributed by atoms with van der Waals surface area (Å²) in [5.74, 6) is 0.632. The predicted octanol–water partition coefficient (Wildman–Crippen LogP) is 6.39. The van der Waals surface area contributed by atoms with Crippen LogP contribution in [0, 0.1) is 31.6 Å². The van der Waals surface area contributed by atoms with Crippen LogP contribution in [0.15, 0.2) is 11.8 Å². The van der Waals surface area contributed by atoms with E-state index in [1.165, 1.54) is 5.56 Å². The highest BCUT2D eigenvalue weighted by Gasteiger charge is 2.39. The van der Waals surface area contributed by atoms with E-state index in [1.54, 1.807) is 0 Å². The van der Waals surface area contributed by atoms with Crippen LogP contribution in [0.5, 0.6) is 0 Å². The number of carbonyl (C=O) groups is 1. The molecule has 3 heteroatoms. The van der Waals surface area contributed by atoms with Gasteiger partial charge in [-0.1, -0.05) is 31.5 Å². The fourth-order valence-corrected chi connectivity index (χ4v) is 3.53. The Morgan fingerprint density at radius 2 is 1.75 bits per heavy atom. The topological polar surface area (TPSA) is 26.3 Å². The molecule has 1 aliphatic rings. The second kappa shape index (κ2) is 6.22. The molecular formula is C21H29ClO2. The molecule has 0 saturated carbocycles. The number of benzene rings is 1. The lowest BCUT2D eigenvalue weighted by Crippen LogP contribution is -2.26. The Kier molecular flexibility index (Phi) is 4.94. The van der Waals surface area contributed by atoms with Crippen molar-refractivity contribution in [3.63, 3.8) is 0 Å². The van der Waals surface area contributed by atoms with Gasteiger partial charge in [0.1, 0.15) is 5.76 Å². The highest BCUT2D eigenvalue weighted by atomic mass is 35.5. The Morgan fingerprint density at radius 3 is 2.29 bits per heavy atom. The van der Waals surface area contributed by atoms with Crippen LogP contribution in [-0.4, -0.2) is 5.97 Å². The molecule has 0 radical (unpaired) electrons. The first-order chi connectivity index (χ1) is 10.9. The number of allylic oxidation sites excluding steroid dienone is 2. The first-order valence-electron chi connectivity index (χ1n) is 8.59. The molecule has 0 N–H and O–H groups in total. The summed E-state index contributed by atoms with van der Waals surface area (Å²) in [6, 6.07) is 2.12. The van der Waals surface area contributed by atoms with Crippen molar-refractivity contribution in [3.8, 4) is 0 Å². The fourth-order valence-electron chi connectivity index (χ4n) is 3.38. The van der Waals surface area contributed by atoms with E-state index in [9.17, 15) is 4.79 Å². The molecule has 0 fully saturated rings. The quantitative estimate of drug-likeness (QED) is 0.579. The molecule has 0 heterocycles. The molecule has 0 amide bonds. The van der Waals surface area contributed by atoms with E-state index in [1.807, 2.05) is 27.7 Å². The number of carbonyl (C=O) groups excluding carboxylic acids is 1. The van der Waals surface area contributed by atoms with Crippen molar-refractivity contribution in [2.75, 3.05) is 0 Å². The maximum absolute atomic E-state index is 12.5. The summed E-state index contributed by atoms with van der Waals surface area (Å²) in [6.07, 6.45) is 1.88. The number of ether oxygens (including phenoxy) is 1. The second-order valence-corrected chi connectivity index (χ2v) is 9.03. The summed E-state index contributed by atoms with van der Waals surface area (Å²) in [6.45, 7) is 16.1. The van der Waals surface area contributed by atoms with Gasteiger partial charge in [-0.15, -0.1) is 0 Å². The third-order valence-electron chi connectivity index (χ3n) is 4.88. The SMILES string of the molecule is Cc1cc(C)c(C2=C(OC(=O)C(C)(C)C)C(C)(C)CC2)c(C)c1Cl. The predicted molar refractivity (Wildman–Crippen MR) is 101 cm³/mol. The number of rotatable bonds is 2. The van der Waals surface area contributed by atoms with E-state index >= 15 is 0 Å². The minimum absolute atomic E-state index is 0.146. The van der Waals surface area contributed by atoms with E-state index in [0.717, 1.165) is 45.9 Å². The standard InChI is InChI=1S/C21H29ClO2/c1-12-11-13(2)17(22)14(3)16(12)15-9-10-21(7,8)18(15)24-19(23)20(4,5)6/h11H,9-10H2,1-8H3. The molecular weight excluding hydrogens is 320 g/mol. The van der Waals surface area contributed by atoms with Gasteiger partial charge in [0.15, 0.2) is 0 Å². The van der Waals surface area contributed by atoms with E-state index in [4.69, 9.17) is 16.3 Å². The number of esters is 1. The fraction of sp³-hybridized carbons (Fsp3) is 0.571. The third kappa shape index (κ3) is 3.39. The van der Waals surface area contributed by atoms with Gasteiger partial charge >= 0.3 is 5.97 Å². The monoisotopic (exact) mass is 348 g/mol. The zero-order valence-electron chi connectivity index (χ0n) is 16.2. The van der Waals surface area contributed by atoms with E-state index < -0.39 is 5.41 Å². The van der Waals surface area contributed by atoms with Crippen LogP contribution >= 0.6 is 11.6 Å². The van der Waals surface area contributed by atoms with Crippen molar-refractivity contribution < 1.29 is 9.53 Å². The van der Waals surface area contributed by atoms with Crippen molar-refractivity contribution in [2.45, 2.75) is 68.2 Å². The molecule has 0 bridgehead atoms. The molecule has 0 aliphatic heterocycles. The van der Waals surface area contributed by atoms with Crippen LogP contribution in [0.1, 0.15) is 69.7 Å². The van der Waals surface area contributed by atoms with Gasteiger partial charge in [0.2, 0.25) is 0 Å². The van der Waals surface area contributed by atoms with E-state index in [-0.39, 0.29) is 11.4 Å². The van der Waals surface area contributed by atoms with Gasteiger partial charge in [-0.25, -0.2) is 0 Å². The van der Waals surface area contributed by atoms with E-state index in [0.29, 0.717) is 0 Å². The highest BCUT2D eigenvalue weighted by molar-refractivity contribution is 6.32. The first kappa shape index (κ1) is 19.1. The largest absolute Gasteiger partial charge is 0.430 e. The highest BCUT2D eigenvalue weighted by Crippen LogP contribution is 2.49. The van der Waals surface area contributed by atoms with Gasteiger partial charge in [0.25, 0.3) is 0 Å². The maximum Gasteiger partial charge on any atom is 0.316 e. The average Bonchev–Trinajstić information content (AvgIpc) is 2.72. The number of aryl methyl sites for hydroxylation is 2. The Labute approximate surface area is 151 Å². The van der Waals surface area contributed by atoms with E-state index in [2.05, 4.69) is 33.8 Å². The lowest BCUT2D eigenvalue weighted by Gasteiger charge is -2.26. The minimum Gasteiger partial charge on any atom is -0.430 e. The Morgan fingerprint density at radius 1 is 1.17 bits per heavy atom. The molecule has 2 nitrogen and oxygen atoms in total. The summed E-state index contributed by atoms with van der Waals surface area (Å²) < 4.78 is 5.94. The number of halogens is 1. The third-order valence-corrected chi connectivity index (χ3v) is 5.46. The van der Waals surface area contributed by atoms with Crippen LogP contribution in [0.2, 0.25) is 5.02 Å². The second-order valence-electron chi connectivity index (χ2n) is 8.66. The molecule has 1 aliphatic carbocycles. The lowest BCUT2D eigenvalue weighted by atomic mass is 9.89. The van der Waals surface area contributed by atoms with Crippen LogP contribution in [0.3, 0.4) is 0 Å². The van der Waals surface area contributed by atoms with Gasteiger partial charge in [-0.3, -0.25) is 4.79 Å². The molecule has 0 atom stereocenters. The van der Waals surface area contributed by atoms with Gasteiger partial charge in [-0.05, 0) is 82.2 Å². The smallest absolute Gasteiger partial charge is 0.316 e. The molecule has 0 unspecified atom stereocenters. The summed E-state index contributed by atoms with van der Waals surface area (Å²) in [5, 5.41) is 0.800. The molecule has 0 spiro atoms. The lowest BCUT2D eigenvalue weighted by molar-refractivity contribution is -0.149. The van der Waals surface area contributed by atoms with Gasteiger partial charge in [-0.2, -0.15) is 0 Å². The summed E-state index contributed by atoms with van der Waals surface area (Å²) in [4.78, 5) is 12.5.